The average Bonchev–Trinajstić information content (AvgIpc) is 2.40. The van der Waals surface area contributed by atoms with Gasteiger partial charge in [-0.3, -0.25) is 0 Å². The molecule has 0 saturated heterocycles. The van der Waals surface area contributed by atoms with Gasteiger partial charge in [-0.1, -0.05) is 49.0 Å². The second kappa shape index (κ2) is 5.29. The summed E-state index contributed by atoms with van der Waals surface area (Å²) in [5.41, 5.74) is 2.84. The third kappa shape index (κ3) is 2.31. The topological polar surface area (TPSA) is 23.8 Å². The van der Waals surface area contributed by atoms with Crippen molar-refractivity contribution >= 4 is 5.57 Å². The minimum atomic E-state index is -0.269. The van der Waals surface area contributed by atoms with Gasteiger partial charge in [0.15, 0.2) is 0 Å². The number of hydrogen-bond donors (Lipinski definition) is 0. The lowest BCUT2D eigenvalue weighted by Gasteiger charge is -2.10. The molecule has 2 heteroatoms. The Labute approximate surface area is 106 Å². The first-order chi connectivity index (χ1) is 8.74. The summed E-state index contributed by atoms with van der Waals surface area (Å²) < 4.78 is 13.8. The molecule has 18 heavy (non-hydrogen) atoms. The SMILES string of the molecule is C=C(CC#N)c1ccccc1-c1ccccc1F. The lowest BCUT2D eigenvalue weighted by atomic mass is 9.94. The van der Waals surface area contributed by atoms with E-state index in [2.05, 4.69) is 12.6 Å². The summed E-state index contributed by atoms with van der Waals surface area (Å²) in [5.74, 6) is -0.269. The molecule has 0 saturated carbocycles. The molecule has 0 aliphatic heterocycles. The van der Waals surface area contributed by atoms with Crippen LogP contribution in [0.4, 0.5) is 4.39 Å². The predicted octanol–water partition coefficient (Wildman–Crippen LogP) is 4.42. The molecule has 0 unspecified atom stereocenters. The van der Waals surface area contributed by atoms with Gasteiger partial charge in [0.25, 0.3) is 0 Å². The van der Waals surface area contributed by atoms with Gasteiger partial charge in [0, 0.05) is 5.56 Å². The van der Waals surface area contributed by atoms with Crippen LogP contribution in [-0.4, -0.2) is 0 Å². The van der Waals surface area contributed by atoms with E-state index in [0.717, 1.165) is 11.1 Å². The van der Waals surface area contributed by atoms with Gasteiger partial charge in [-0.05, 0) is 22.8 Å². The molecule has 0 radical (unpaired) electrons. The minimum absolute atomic E-state index is 0.242. The van der Waals surface area contributed by atoms with Crippen molar-refractivity contribution in [1.29, 1.82) is 5.26 Å². The zero-order valence-corrected chi connectivity index (χ0v) is 9.86. The summed E-state index contributed by atoms with van der Waals surface area (Å²) in [5, 5.41) is 8.73. The third-order valence-corrected chi connectivity index (χ3v) is 2.76. The maximum absolute atomic E-state index is 13.8. The number of allylic oxidation sites excluding steroid dienone is 1. The van der Waals surface area contributed by atoms with Crippen molar-refractivity contribution in [3.63, 3.8) is 0 Å². The second-order valence-corrected chi connectivity index (χ2v) is 3.96. The number of nitriles is 1. The lowest BCUT2D eigenvalue weighted by Crippen LogP contribution is -1.90. The average molecular weight is 237 g/mol. The first kappa shape index (κ1) is 12.1. The number of nitrogens with zero attached hydrogens (tertiary/aromatic N) is 1. The Hall–Kier alpha value is -2.40. The van der Waals surface area contributed by atoms with Crippen molar-refractivity contribution < 1.29 is 4.39 Å². The van der Waals surface area contributed by atoms with Crippen LogP contribution in [0.5, 0.6) is 0 Å². The standard InChI is InChI=1S/C16H12FN/c1-12(10-11-18)13-6-2-3-7-14(13)15-8-4-5-9-16(15)17/h2-9H,1,10H2. The molecule has 0 spiro atoms. The molecule has 1 nitrogen and oxygen atoms in total. The summed E-state index contributed by atoms with van der Waals surface area (Å²) in [6.45, 7) is 3.89. The van der Waals surface area contributed by atoms with Crippen molar-refractivity contribution in [3.8, 4) is 17.2 Å². The van der Waals surface area contributed by atoms with Crippen LogP contribution in [0, 0.1) is 17.1 Å². The van der Waals surface area contributed by atoms with Gasteiger partial charge in [0.2, 0.25) is 0 Å². The molecule has 0 bridgehead atoms. The monoisotopic (exact) mass is 237 g/mol. The maximum atomic E-state index is 13.8. The molecule has 2 aromatic rings. The molecule has 0 heterocycles. The van der Waals surface area contributed by atoms with E-state index in [1.54, 1.807) is 18.2 Å². The second-order valence-electron chi connectivity index (χ2n) is 3.96. The van der Waals surface area contributed by atoms with Gasteiger partial charge >= 0.3 is 0 Å². The highest BCUT2D eigenvalue weighted by Gasteiger charge is 2.10. The Morgan fingerprint density at radius 2 is 1.67 bits per heavy atom. The maximum Gasteiger partial charge on any atom is 0.131 e. The molecule has 0 atom stereocenters. The van der Waals surface area contributed by atoms with Gasteiger partial charge in [-0.25, -0.2) is 4.39 Å². The fraction of sp³-hybridized carbons (Fsp3) is 0.0625. The molecule has 0 N–H and O–H groups in total. The van der Waals surface area contributed by atoms with E-state index in [9.17, 15) is 4.39 Å². The minimum Gasteiger partial charge on any atom is -0.206 e. The van der Waals surface area contributed by atoms with Gasteiger partial charge in [0.1, 0.15) is 5.82 Å². The fourth-order valence-corrected chi connectivity index (χ4v) is 1.90. The summed E-state index contributed by atoms with van der Waals surface area (Å²) >= 11 is 0. The molecule has 2 rings (SSSR count). The van der Waals surface area contributed by atoms with Crippen molar-refractivity contribution in [2.75, 3.05) is 0 Å². The van der Waals surface area contributed by atoms with Crippen molar-refractivity contribution in [2.24, 2.45) is 0 Å². The number of rotatable bonds is 3. The Kier molecular flexibility index (Phi) is 3.54. The van der Waals surface area contributed by atoms with Crippen LogP contribution in [0.1, 0.15) is 12.0 Å². The number of hydrogen-bond acceptors (Lipinski definition) is 1. The Balaban J connectivity index is 2.56. The highest BCUT2D eigenvalue weighted by Crippen LogP contribution is 2.30. The van der Waals surface area contributed by atoms with Crippen molar-refractivity contribution in [1.82, 2.24) is 0 Å². The van der Waals surface area contributed by atoms with E-state index >= 15 is 0 Å². The van der Waals surface area contributed by atoms with Gasteiger partial charge in [0.05, 0.1) is 12.5 Å². The summed E-state index contributed by atoms with van der Waals surface area (Å²) in [6.07, 6.45) is 0.242. The van der Waals surface area contributed by atoms with Crippen molar-refractivity contribution in [2.45, 2.75) is 6.42 Å². The van der Waals surface area contributed by atoms with Crippen LogP contribution in [0.15, 0.2) is 55.1 Å². The molecule has 0 aliphatic rings. The van der Waals surface area contributed by atoms with Gasteiger partial charge in [-0.2, -0.15) is 5.26 Å². The first-order valence-corrected chi connectivity index (χ1v) is 5.63. The Morgan fingerprint density at radius 1 is 1.06 bits per heavy atom. The summed E-state index contributed by atoms with van der Waals surface area (Å²) in [6, 6.07) is 16.1. The van der Waals surface area contributed by atoms with Gasteiger partial charge < -0.3 is 0 Å². The van der Waals surface area contributed by atoms with E-state index in [-0.39, 0.29) is 12.2 Å². The molecule has 0 aliphatic carbocycles. The van der Waals surface area contributed by atoms with Crippen LogP contribution in [0.2, 0.25) is 0 Å². The van der Waals surface area contributed by atoms with E-state index in [0.29, 0.717) is 11.1 Å². The normalized spacial score (nSPS) is 9.78. The number of halogens is 1. The highest BCUT2D eigenvalue weighted by molar-refractivity contribution is 5.81. The zero-order valence-electron chi connectivity index (χ0n) is 9.86. The van der Waals surface area contributed by atoms with E-state index < -0.39 is 0 Å². The molecule has 0 amide bonds. The van der Waals surface area contributed by atoms with Crippen LogP contribution in [0.25, 0.3) is 16.7 Å². The predicted molar refractivity (Wildman–Crippen MR) is 71.1 cm³/mol. The molecular weight excluding hydrogens is 225 g/mol. The van der Waals surface area contributed by atoms with Crippen LogP contribution in [-0.2, 0) is 0 Å². The van der Waals surface area contributed by atoms with E-state index in [1.165, 1.54) is 6.07 Å². The van der Waals surface area contributed by atoms with Crippen LogP contribution in [0.3, 0.4) is 0 Å². The van der Waals surface area contributed by atoms with Crippen LogP contribution < -0.4 is 0 Å². The first-order valence-electron chi connectivity index (χ1n) is 5.63. The zero-order chi connectivity index (χ0) is 13.0. The smallest absolute Gasteiger partial charge is 0.131 e. The molecule has 88 valence electrons. The quantitative estimate of drug-likeness (QED) is 0.775. The van der Waals surface area contributed by atoms with Crippen LogP contribution >= 0.6 is 0 Å². The molecule has 2 aromatic carbocycles. The third-order valence-electron chi connectivity index (χ3n) is 2.76. The largest absolute Gasteiger partial charge is 0.206 e. The summed E-state index contributed by atoms with van der Waals surface area (Å²) in [7, 11) is 0. The van der Waals surface area contributed by atoms with E-state index in [1.807, 2.05) is 24.3 Å². The molecule has 0 fully saturated rings. The van der Waals surface area contributed by atoms with Gasteiger partial charge in [-0.15, -0.1) is 0 Å². The Morgan fingerprint density at radius 3 is 2.33 bits per heavy atom. The summed E-state index contributed by atoms with van der Waals surface area (Å²) in [4.78, 5) is 0. The fourth-order valence-electron chi connectivity index (χ4n) is 1.90. The molecular formula is C16H12FN. The lowest BCUT2D eigenvalue weighted by molar-refractivity contribution is 0.631. The highest BCUT2D eigenvalue weighted by atomic mass is 19.1. The van der Waals surface area contributed by atoms with Crippen molar-refractivity contribution in [3.05, 3.63) is 66.5 Å². The van der Waals surface area contributed by atoms with E-state index in [4.69, 9.17) is 5.26 Å². The Bertz CT molecular complexity index is 623. The molecule has 0 aromatic heterocycles. The number of benzene rings is 2.